The van der Waals surface area contributed by atoms with E-state index in [1.54, 1.807) is 18.2 Å². The van der Waals surface area contributed by atoms with E-state index in [-0.39, 0.29) is 18.4 Å². The van der Waals surface area contributed by atoms with E-state index >= 15 is 0 Å². The van der Waals surface area contributed by atoms with Crippen LogP contribution in [0.4, 0.5) is 5.69 Å². The predicted molar refractivity (Wildman–Crippen MR) is 113 cm³/mol. The molecule has 6 heteroatoms. The molecule has 2 amide bonds. The van der Waals surface area contributed by atoms with Gasteiger partial charge in [0.15, 0.2) is 0 Å². The topological polar surface area (TPSA) is 71.0 Å². The average molecular weight is 385 g/mol. The summed E-state index contributed by atoms with van der Waals surface area (Å²) in [6.45, 7) is 3.92. The zero-order chi connectivity index (χ0) is 20.2. The fraction of sp³-hybridized carbons (Fsp3) is 0.0870. The van der Waals surface area contributed by atoms with Crippen molar-refractivity contribution < 1.29 is 14.3 Å². The molecule has 1 aliphatic rings. The Bertz CT molecular complexity index is 1130. The lowest BCUT2D eigenvalue weighted by Crippen LogP contribution is -2.37. The standard InChI is InChI=1S/C23H19N3O3/c1-2-12-29-18-9-3-6-16(13-18)14-24-25-21(27)15-26-20-11-5-8-17-7-4-10-19(22(17)20)23(26)28/h2-11,13-14H,1,12,15H2,(H,25,27)/b24-14+. The summed E-state index contributed by atoms with van der Waals surface area (Å²) in [6.07, 6.45) is 3.19. The quantitative estimate of drug-likeness (QED) is 0.384. The number of carbonyl (C=O) groups excluding carboxylic acids is 2. The fourth-order valence-electron chi connectivity index (χ4n) is 3.33. The van der Waals surface area contributed by atoms with Crippen LogP contribution >= 0.6 is 0 Å². The number of nitrogens with one attached hydrogen (secondary N) is 1. The summed E-state index contributed by atoms with van der Waals surface area (Å²) in [6, 6.07) is 18.6. The molecule has 0 fully saturated rings. The Labute approximate surface area is 168 Å². The summed E-state index contributed by atoms with van der Waals surface area (Å²) >= 11 is 0. The molecule has 1 N–H and O–H groups in total. The molecular weight excluding hydrogens is 366 g/mol. The van der Waals surface area contributed by atoms with Crippen molar-refractivity contribution in [2.75, 3.05) is 18.1 Å². The minimum Gasteiger partial charge on any atom is -0.490 e. The van der Waals surface area contributed by atoms with Crippen LogP contribution in [0, 0.1) is 0 Å². The first kappa shape index (κ1) is 18.4. The predicted octanol–water partition coefficient (Wildman–Crippen LogP) is 3.52. The highest BCUT2D eigenvalue weighted by Crippen LogP contribution is 2.36. The number of anilines is 1. The maximum atomic E-state index is 12.7. The number of benzene rings is 3. The summed E-state index contributed by atoms with van der Waals surface area (Å²) in [5.74, 6) is 0.134. The molecule has 1 heterocycles. The van der Waals surface area contributed by atoms with Crippen molar-refractivity contribution in [1.29, 1.82) is 0 Å². The molecule has 0 atom stereocenters. The van der Waals surface area contributed by atoms with Gasteiger partial charge in [0, 0.05) is 10.9 Å². The van der Waals surface area contributed by atoms with Crippen molar-refractivity contribution in [1.82, 2.24) is 5.43 Å². The fourth-order valence-corrected chi connectivity index (χ4v) is 3.33. The highest BCUT2D eigenvalue weighted by atomic mass is 16.5. The Morgan fingerprint density at radius 3 is 2.76 bits per heavy atom. The summed E-state index contributed by atoms with van der Waals surface area (Å²) < 4.78 is 5.47. The second-order valence-corrected chi connectivity index (χ2v) is 6.54. The molecule has 1 aliphatic heterocycles. The largest absolute Gasteiger partial charge is 0.490 e. The molecule has 0 aromatic heterocycles. The smallest absolute Gasteiger partial charge is 0.260 e. The van der Waals surface area contributed by atoms with Crippen molar-refractivity contribution in [2.45, 2.75) is 0 Å². The van der Waals surface area contributed by atoms with Crippen molar-refractivity contribution >= 4 is 34.5 Å². The molecule has 0 aliphatic carbocycles. The van der Waals surface area contributed by atoms with Crippen molar-refractivity contribution in [3.8, 4) is 5.75 Å². The third-order valence-corrected chi connectivity index (χ3v) is 4.58. The van der Waals surface area contributed by atoms with Crippen LogP contribution in [0.1, 0.15) is 15.9 Å². The molecule has 4 rings (SSSR count). The van der Waals surface area contributed by atoms with Gasteiger partial charge in [-0.1, -0.05) is 49.1 Å². The minimum atomic E-state index is -0.376. The number of nitrogens with zero attached hydrogens (tertiary/aromatic N) is 2. The van der Waals surface area contributed by atoms with E-state index in [0.29, 0.717) is 17.9 Å². The second kappa shape index (κ2) is 7.98. The lowest BCUT2D eigenvalue weighted by molar-refractivity contribution is -0.119. The molecule has 0 unspecified atom stereocenters. The number of rotatable bonds is 7. The maximum Gasteiger partial charge on any atom is 0.260 e. The van der Waals surface area contributed by atoms with Gasteiger partial charge in [-0.25, -0.2) is 5.43 Å². The zero-order valence-electron chi connectivity index (χ0n) is 15.7. The van der Waals surface area contributed by atoms with Gasteiger partial charge in [0.05, 0.1) is 11.9 Å². The number of hydrogen-bond donors (Lipinski definition) is 1. The SMILES string of the molecule is C=CCOc1cccc(/C=N/NC(=O)CN2C(=O)c3cccc4cccc2c34)c1. The van der Waals surface area contributed by atoms with Crippen LogP contribution in [0.3, 0.4) is 0 Å². The molecule has 3 aromatic carbocycles. The van der Waals surface area contributed by atoms with Gasteiger partial charge in [-0.3, -0.25) is 14.5 Å². The number of ether oxygens (including phenoxy) is 1. The van der Waals surface area contributed by atoms with Crippen LogP contribution in [0.5, 0.6) is 5.75 Å². The molecule has 0 saturated carbocycles. The highest BCUT2D eigenvalue weighted by molar-refractivity contribution is 6.26. The Morgan fingerprint density at radius 2 is 1.93 bits per heavy atom. The van der Waals surface area contributed by atoms with Gasteiger partial charge in [0.25, 0.3) is 11.8 Å². The van der Waals surface area contributed by atoms with E-state index < -0.39 is 0 Å². The van der Waals surface area contributed by atoms with Crippen LogP contribution in [0.15, 0.2) is 78.4 Å². The summed E-state index contributed by atoms with van der Waals surface area (Å²) in [4.78, 5) is 26.6. The number of amides is 2. The monoisotopic (exact) mass is 385 g/mol. The number of hydrogen-bond acceptors (Lipinski definition) is 4. The van der Waals surface area contributed by atoms with Gasteiger partial charge < -0.3 is 4.74 Å². The summed E-state index contributed by atoms with van der Waals surface area (Å²) in [7, 11) is 0. The van der Waals surface area contributed by atoms with Gasteiger partial charge >= 0.3 is 0 Å². The van der Waals surface area contributed by atoms with Crippen LogP contribution in [-0.2, 0) is 4.79 Å². The van der Waals surface area contributed by atoms with Gasteiger partial charge in [-0.05, 0) is 35.2 Å². The summed E-state index contributed by atoms with van der Waals surface area (Å²) in [5.41, 5.74) is 4.62. The number of carbonyl (C=O) groups is 2. The average Bonchev–Trinajstić information content (AvgIpc) is 3.01. The lowest BCUT2D eigenvalue weighted by Gasteiger charge is -2.16. The van der Waals surface area contributed by atoms with E-state index in [9.17, 15) is 9.59 Å². The van der Waals surface area contributed by atoms with Crippen LogP contribution in [-0.4, -0.2) is 31.2 Å². The van der Waals surface area contributed by atoms with Gasteiger partial charge in [0.1, 0.15) is 18.9 Å². The highest BCUT2D eigenvalue weighted by Gasteiger charge is 2.30. The zero-order valence-corrected chi connectivity index (χ0v) is 15.7. The molecular formula is C23H19N3O3. The van der Waals surface area contributed by atoms with Gasteiger partial charge in [-0.2, -0.15) is 5.10 Å². The summed E-state index contributed by atoms with van der Waals surface area (Å²) in [5, 5.41) is 5.85. The maximum absolute atomic E-state index is 12.7. The first-order valence-corrected chi connectivity index (χ1v) is 9.16. The molecule has 3 aromatic rings. The first-order chi connectivity index (χ1) is 14.2. The van der Waals surface area contributed by atoms with E-state index in [1.165, 1.54) is 11.1 Å². The van der Waals surface area contributed by atoms with Crippen molar-refractivity contribution in [3.63, 3.8) is 0 Å². The van der Waals surface area contributed by atoms with Crippen molar-refractivity contribution in [3.05, 3.63) is 84.4 Å². The third-order valence-electron chi connectivity index (χ3n) is 4.58. The molecule has 144 valence electrons. The second-order valence-electron chi connectivity index (χ2n) is 6.54. The van der Waals surface area contributed by atoms with E-state index in [4.69, 9.17) is 4.74 Å². The van der Waals surface area contributed by atoms with Crippen LogP contribution in [0.2, 0.25) is 0 Å². The van der Waals surface area contributed by atoms with Crippen molar-refractivity contribution in [2.24, 2.45) is 5.10 Å². The molecule has 0 bridgehead atoms. The van der Waals surface area contributed by atoms with Gasteiger partial charge in [0.2, 0.25) is 0 Å². The van der Waals surface area contributed by atoms with E-state index in [2.05, 4.69) is 17.1 Å². The van der Waals surface area contributed by atoms with Crippen LogP contribution < -0.4 is 15.1 Å². The Kier molecular flexibility index (Phi) is 5.07. The molecule has 6 nitrogen and oxygen atoms in total. The van der Waals surface area contributed by atoms with E-state index in [0.717, 1.165) is 22.0 Å². The van der Waals surface area contributed by atoms with Gasteiger partial charge in [-0.15, -0.1) is 0 Å². The Balaban J connectivity index is 1.42. The number of hydrazone groups is 1. The Morgan fingerprint density at radius 1 is 1.14 bits per heavy atom. The van der Waals surface area contributed by atoms with Crippen LogP contribution in [0.25, 0.3) is 10.8 Å². The third kappa shape index (κ3) is 3.73. The Hall–Kier alpha value is -3.93. The molecule has 0 saturated heterocycles. The normalized spacial score (nSPS) is 12.6. The molecule has 0 radical (unpaired) electrons. The molecule has 29 heavy (non-hydrogen) atoms. The van der Waals surface area contributed by atoms with E-state index in [1.807, 2.05) is 48.5 Å². The first-order valence-electron chi connectivity index (χ1n) is 9.16. The minimum absolute atomic E-state index is 0.105. The lowest BCUT2D eigenvalue weighted by atomic mass is 10.1. The molecule has 0 spiro atoms.